The molecular formula is C15H31NO3. The van der Waals surface area contributed by atoms with Gasteiger partial charge in [-0.2, -0.15) is 0 Å². The molecule has 0 bridgehead atoms. The summed E-state index contributed by atoms with van der Waals surface area (Å²) in [5, 5.41) is 9.16. The van der Waals surface area contributed by atoms with Gasteiger partial charge in [-0.25, -0.2) is 0 Å². The van der Waals surface area contributed by atoms with Gasteiger partial charge in [-0.05, 0) is 19.3 Å². The number of ether oxygens (including phenoxy) is 1. The molecule has 0 aromatic heterocycles. The van der Waals surface area contributed by atoms with E-state index < -0.39 is 12.0 Å². The Bertz CT molecular complexity index is 210. The third-order valence-corrected chi connectivity index (χ3v) is 3.24. The summed E-state index contributed by atoms with van der Waals surface area (Å²) < 4.78 is 5.45. The summed E-state index contributed by atoms with van der Waals surface area (Å²) in [6.07, 6.45) is 10.4. The van der Waals surface area contributed by atoms with Gasteiger partial charge in [0.15, 0.2) is 0 Å². The number of aliphatic hydroxyl groups excluding tert-OH is 1. The van der Waals surface area contributed by atoms with Crippen LogP contribution in [0.25, 0.3) is 0 Å². The number of carbonyl (C=O) groups is 1. The third-order valence-electron chi connectivity index (χ3n) is 3.24. The smallest absolute Gasteiger partial charge is 0.246 e. The Labute approximate surface area is 117 Å². The molecule has 19 heavy (non-hydrogen) atoms. The van der Waals surface area contributed by atoms with E-state index in [1.54, 1.807) is 0 Å². The SMILES string of the molecule is CCCCCCCCCCOCCCC(O)C(N)=O. The Morgan fingerprint density at radius 1 is 1.00 bits per heavy atom. The van der Waals surface area contributed by atoms with E-state index >= 15 is 0 Å². The van der Waals surface area contributed by atoms with Gasteiger partial charge in [0.05, 0.1) is 0 Å². The molecular weight excluding hydrogens is 242 g/mol. The zero-order chi connectivity index (χ0) is 14.3. The Morgan fingerprint density at radius 2 is 1.53 bits per heavy atom. The zero-order valence-electron chi connectivity index (χ0n) is 12.4. The number of hydrogen-bond donors (Lipinski definition) is 2. The van der Waals surface area contributed by atoms with Crippen molar-refractivity contribution in [1.29, 1.82) is 0 Å². The molecule has 4 nitrogen and oxygen atoms in total. The van der Waals surface area contributed by atoms with Crippen LogP contribution in [0.3, 0.4) is 0 Å². The van der Waals surface area contributed by atoms with Gasteiger partial charge in [0.2, 0.25) is 5.91 Å². The number of amides is 1. The van der Waals surface area contributed by atoms with Crippen LogP contribution in [0.4, 0.5) is 0 Å². The van der Waals surface area contributed by atoms with Crippen LogP contribution in [0, 0.1) is 0 Å². The summed E-state index contributed by atoms with van der Waals surface area (Å²) >= 11 is 0. The molecule has 114 valence electrons. The molecule has 0 fully saturated rings. The summed E-state index contributed by atoms with van der Waals surface area (Å²) in [4.78, 5) is 10.6. The minimum absolute atomic E-state index is 0.396. The fourth-order valence-corrected chi connectivity index (χ4v) is 1.96. The fourth-order valence-electron chi connectivity index (χ4n) is 1.96. The molecule has 1 unspecified atom stereocenters. The van der Waals surface area contributed by atoms with E-state index in [-0.39, 0.29) is 0 Å². The van der Waals surface area contributed by atoms with Crippen LogP contribution >= 0.6 is 0 Å². The molecule has 0 aliphatic rings. The van der Waals surface area contributed by atoms with E-state index in [9.17, 15) is 4.79 Å². The van der Waals surface area contributed by atoms with Crippen LogP contribution in [0.1, 0.15) is 71.1 Å². The molecule has 0 saturated carbocycles. The second-order valence-electron chi connectivity index (χ2n) is 5.15. The predicted molar refractivity (Wildman–Crippen MR) is 77.9 cm³/mol. The van der Waals surface area contributed by atoms with Gasteiger partial charge in [0, 0.05) is 13.2 Å². The molecule has 0 aliphatic heterocycles. The van der Waals surface area contributed by atoms with Crippen molar-refractivity contribution in [3.05, 3.63) is 0 Å². The van der Waals surface area contributed by atoms with Crippen LogP contribution in [-0.2, 0) is 9.53 Å². The van der Waals surface area contributed by atoms with Gasteiger partial charge in [-0.3, -0.25) is 4.79 Å². The summed E-state index contributed by atoms with van der Waals surface area (Å²) in [5.74, 6) is -0.650. The highest BCUT2D eigenvalue weighted by Gasteiger charge is 2.09. The highest BCUT2D eigenvalue weighted by Crippen LogP contribution is 2.08. The Hall–Kier alpha value is -0.610. The molecule has 0 aromatic rings. The first-order chi connectivity index (χ1) is 9.18. The number of aliphatic hydroxyl groups is 1. The number of hydrogen-bond acceptors (Lipinski definition) is 3. The Kier molecular flexibility index (Phi) is 13.4. The van der Waals surface area contributed by atoms with E-state index in [0.29, 0.717) is 19.4 Å². The van der Waals surface area contributed by atoms with E-state index in [0.717, 1.165) is 13.0 Å². The first-order valence-corrected chi connectivity index (χ1v) is 7.73. The second kappa shape index (κ2) is 13.8. The van der Waals surface area contributed by atoms with Gasteiger partial charge in [-0.1, -0.05) is 51.9 Å². The quantitative estimate of drug-likeness (QED) is 0.478. The largest absolute Gasteiger partial charge is 0.383 e. The lowest BCUT2D eigenvalue weighted by atomic mass is 10.1. The number of unbranched alkanes of at least 4 members (excludes halogenated alkanes) is 7. The molecule has 0 spiro atoms. The molecule has 0 saturated heterocycles. The molecule has 0 heterocycles. The topological polar surface area (TPSA) is 72.6 Å². The van der Waals surface area contributed by atoms with Gasteiger partial charge in [-0.15, -0.1) is 0 Å². The van der Waals surface area contributed by atoms with Crippen LogP contribution in [0.15, 0.2) is 0 Å². The van der Waals surface area contributed by atoms with Gasteiger partial charge in [0.1, 0.15) is 6.10 Å². The minimum Gasteiger partial charge on any atom is -0.383 e. The molecule has 1 atom stereocenters. The van der Waals surface area contributed by atoms with E-state index in [1.165, 1.54) is 44.9 Å². The maximum Gasteiger partial charge on any atom is 0.246 e. The maximum absolute atomic E-state index is 10.6. The maximum atomic E-state index is 10.6. The zero-order valence-corrected chi connectivity index (χ0v) is 12.4. The van der Waals surface area contributed by atoms with Crippen molar-refractivity contribution in [2.75, 3.05) is 13.2 Å². The lowest BCUT2D eigenvalue weighted by Crippen LogP contribution is -2.28. The molecule has 0 rings (SSSR count). The molecule has 0 aromatic carbocycles. The van der Waals surface area contributed by atoms with Crippen molar-refractivity contribution >= 4 is 5.91 Å². The summed E-state index contributed by atoms with van der Waals surface area (Å²) in [7, 11) is 0. The van der Waals surface area contributed by atoms with Crippen molar-refractivity contribution in [3.8, 4) is 0 Å². The monoisotopic (exact) mass is 273 g/mol. The van der Waals surface area contributed by atoms with Gasteiger partial charge >= 0.3 is 0 Å². The highest BCUT2D eigenvalue weighted by molar-refractivity contribution is 5.78. The Balaban J connectivity index is 3.05. The fraction of sp³-hybridized carbons (Fsp3) is 0.933. The molecule has 0 aliphatic carbocycles. The van der Waals surface area contributed by atoms with E-state index in [4.69, 9.17) is 15.6 Å². The third kappa shape index (κ3) is 13.6. The molecule has 0 radical (unpaired) electrons. The average molecular weight is 273 g/mol. The van der Waals surface area contributed by atoms with Crippen molar-refractivity contribution < 1.29 is 14.6 Å². The molecule has 4 heteroatoms. The van der Waals surface area contributed by atoms with Crippen LogP contribution < -0.4 is 5.73 Å². The van der Waals surface area contributed by atoms with E-state index in [1.807, 2.05) is 0 Å². The molecule has 3 N–H and O–H groups in total. The van der Waals surface area contributed by atoms with Crippen molar-refractivity contribution in [3.63, 3.8) is 0 Å². The summed E-state index contributed by atoms with van der Waals surface area (Å²) in [5.41, 5.74) is 4.95. The number of nitrogens with two attached hydrogens (primary N) is 1. The predicted octanol–water partition coefficient (Wildman–Crippen LogP) is 2.77. The molecule has 1 amide bonds. The Morgan fingerprint density at radius 3 is 2.11 bits per heavy atom. The highest BCUT2D eigenvalue weighted by atomic mass is 16.5. The van der Waals surface area contributed by atoms with Gasteiger partial charge in [0.25, 0.3) is 0 Å². The summed E-state index contributed by atoms with van der Waals surface area (Å²) in [6.45, 7) is 3.61. The second-order valence-corrected chi connectivity index (χ2v) is 5.15. The van der Waals surface area contributed by atoms with Crippen LogP contribution in [0.5, 0.6) is 0 Å². The van der Waals surface area contributed by atoms with Gasteiger partial charge < -0.3 is 15.6 Å². The first kappa shape index (κ1) is 18.4. The average Bonchev–Trinajstić information content (AvgIpc) is 2.39. The first-order valence-electron chi connectivity index (χ1n) is 7.73. The summed E-state index contributed by atoms with van der Waals surface area (Å²) in [6, 6.07) is 0. The van der Waals surface area contributed by atoms with Crippen LogP contribution in [0.2, 0.25) is 0 Å². The van der Waals surface area contributed by atoms with Crippen molar-refractivity contribution in [2.45, 2.75) is 77.2 Å². The standard InChI is InChI=1S/C15H31NO3/c1-2-3-4-5-6-7-8-9-12-19-13-10-11-14(17)15(16)18/h14,17H,2-13H2,1H3,(H2,16,18). The number of rotatable bonds is 14. The minimum atomic E-state index is -1.02. The van der Waals surface area contributed by atoms with E-state index in [2.05, 4.69) is 6.92 Å². The van der Waals surface area contributed by atoms with Crippen LogP contribution in [-0.4, -0.2) is 30.3 Å². The lowest BCUT2D eigenvalue weighted by molar-refractivity contribution is -0.126. The van der Waals surface area contributed by atoms with Crippen molar-refractivity contribution in [1.82, 2.24) is 0 Å². The van der Waals surface area contributed by atoms with Crippen molar-refractivity contribution in [2.24, 2.45) is 5.73 Å². The lowest BCUT2D eigenvalue weighted by Gasteiger charge is -2.07. The normalized spacial score (nSPS) is 12.5. The number of primary amides is 1. The number of carbonyl (C=O) groups excluding carboxylic acids is 1.